The lowest BCUT2D eigenvalue weighted by Gasteiger charge is -2.09. The molecule has 1 heterocycles. The first-order chi connectivity index (χ1) is 9.24. The molecule has 0 radical (unpaired) electrons. The van der Waals surface area contributed by atoms with Gasteiger partial charge >= 0.3 is 0 Å². The third kappa shape index (κ3) is 3.32. The fraction of sp³-hybridized carbons (Fsp3) is 0.312. The number of rotatable bonds is 5. The molecule has 0 aliphatic rings. The van der Waals surface area contributed by atoms with Crippen LogP contribution in [-0.2, 0) is 6.54 Å². The van der Waals surface area contributed by atoms with Crippen molar-refractivity contribution in [2.24, 2.45) is 0 Å². The highest BCUT2D eigenvalue weighted by atomic mass is 16.5. The van der Waals surface area contributed by atoms with E-state index in [-0.39, 0.29) is 0 Å². The maximum Gasteiger partial charge on any atom is 0.212 e. The normalized spacial score (nSPS) is 10.5. The van der Waals surface area contributed by atoms with Crippen LogP contribution in [0.3, 0.4) is 0 Å². The summed E-state index contributed by atoms with van der Waals surface area (Å²) >= 11 is 0. The Bertz CT molecular complexity index is 535. The molecular weight excluding hydrogens is 236 g/mol. The first-order valence-electron chi connectivity index (χ1n) is 6.55. The number of aryl methyl sites for hydroxylation is 1. The third-order valence-electron chi connectivity index (χ3n) is 3.13. The van der Waals surface area contributed by atoms with Gasteiger partial charge in [0, 0.05) is 24.4 Å². The second-order valence-electron chi connectivity index (χ2n) is 4.52. The molecule has 0 amide bonds. The molecule has 1 N–H and O–H groups in total. The van der Waals surface area contributed by atoms with Gasteiger partial charge < -0.3 is 10.1 Å². The minimum atomic E-state index is 0.644. The van der Waals surface area contributed by atoms with E-state index in [9.17, 15) is 0 Å². The molecule has 0 unspecified atom stereocenters. The van der Waals surface area contributed by atoms with Crippen LogP contribution in [0.25, 0.3) is 11.1 Å². The summed E-state index contributed by atoms with van der Waals surface area (Å²) in [7, 11) is 1.63. The zero-order valence-electron chi connectivity index (χ0n) is 11.7. The monoisotopic (exact) mass is 256 g/mol. The minimum Gasteiger partial charge on any atom is -0.481 e. The van der Waals surface area contributed by atoms with Gasteiger partial charge in [-0.1, -0.05) is 25.1 Å². The zero-order chi connectivity index (χ0) is 13.7. The average Bonchev–Trinajstić information content (AvgIpc) is 2.45. The second kappa shape index (κ2) is 6.34. The standard InChI is InChI=1S/C16H20N2O/c1-4-17-10-13-5-7-15(12(2)9-13)14-6-8-16(19-3)18-11-14/h5-9,11,17H,4,10H2,1-3H3. The molecule has 1 aromatic carbocycles. The van der Waals surface area contributed by atoms with E-state index in [0.717, 1.165) is 18.7 Å². The molecule has 2 aromatic rings. The predicted octanol–water partition coefficient (Wildman–Crippen LogP) is 3.18. The van der Waals surface area contributed by atoms with Crippen LogP contribution in [0.2, 0.25) is 0 Å². The Morgan fingerprint density at radius 2 is 2.05 bits per heavy atom. The van der Waals surface area contributed by atoms with Crippen molar-refractivity contribution in [3.8, 4) is 17.0 Å². The lowest BCUT2D eigenvalue weighted by Crippen LogP contribution is -2.11. The zero-order valence-corrected chi connectivity index (χ0v) is 11.7. The van der Waals surface area contributed by atoms with Gasteiger partial charge in [0.05, 0.1) is 7.11 Å². The van der Waals surface area contributed by atoms with Gasteiger partial charge in [0.25, 0.3) is 0 Å². The summed E-state index contributed by atoms with van der Waals surface area (Å²) in [5, 5.41) is 3.34. The van der Waals surface area contributed by atoms with Gasteiger partial charge in [-0.05, 0) is 36.2 Å². The van der Waals surface area contributed by atoms with Crippen LogP contribution in [0.4, 0.5) is 0 Å². The number of hydrogen-bond acceptors (Lipinski definition) is 3. The average molecular weight is 256 g/mol. The summed E-state index contributed by atoms with van der Waals surface area (Å²) in [4.78, 5) is 4.25. The number of nitrogens with zero attached hydrogens (tertiary/aromatic N) is 1. The van der Waals surface area contributed by atoms with Gasteiger partial charge in [-0.15, -0.1) is 0 Å². The lowest BCUT2D eigenvalue weighted by molar-refractivity contribution is 0.398. The first-order valence-corrected chi connectivity index (χ1v) is 6.55. The number of aromatic nitrogens is 1. The summed E-state index contributed by atoms with van der Waals surface area (Å²) < 4.78 is 5.08. The molecule has 0 saturated heterocycles. The van der Waals surface area contributed by atoms with Crippen molar-refractivity contribution in [1.82, 2.24) is 10.3 Å². The smallest absolute Gasteiger partial charge is 0.212 e. The predicted molar refractivity (Wildman–Crippen MR) is 78.3 cm³/mol. The van der Waals surface area contributed by atoms with Crippen LogP contribution in [0, 0.1) is 6.92 Å². The molecule has 0 fully saturated rings. The van der Waals surface area contributed by atoms with Crippen molar-refractivity contribution in [2.75, 3.05) is 13.7 Å². The van der Waals surface area contributed by atoms with E-state index >= 15 is 0 Å². The number of hydrogen-bond donors (Lipinski definition) is 1. The lowest BCUT2D eigenvalue weighted by atomic mass is 10.00. The number of pyridine rings is 1. The molecular formula is C16H20N2O. The van der Waals surface area contributed by atoms with E-state index in [1.807, 2.05) is 18.3 Å². The Hall–Kier alpha value is -1.87. The molecule has 2 rings (SSSR count). The van der Waals surface area contributed by atoms with Gasteiger partial charge in [0.15, 0.2) is 0 Å². The summed E-state index contributed by atoms with van der Waals surface area (Å²) in [6.45, 7) is 6.15. The van der Waals surface area contributed by atoms with Crippen molar-refractivity contribution in [2.45, 2.75) is 20.4 Å². The highest BCUT2D eigenvalue weighted by molar-refractivity contribution is 5.67. The van der Waals surface area contributed by atoms with Crippen LogP contribution >= 0.6 is 0 Å². The molecule has 3 nitrogen and oxygen atoms in total. The van der Waals surface area contributed by atoms with E-state index in [1.165, 1.54) is 16.7 Å². The molecule has 0 saturated carbocycles. The number of nitrogens with one attached hydrogen (secondary N) is 1. The van der Waals surface area contributed by atoms with Crippen molar-refractivity contribution in [3.05, 3.63) is 47.7 Å². The van der Waals surface area contributed by atoms with E-state index < -0.39 is 0 Å². The maximum absolute atomic E-state index is 5.08. The summed E-state index contributed by atoms with van der Waals surface area (Å²) in [6.07, 6.45) is 1.85. The van der Waals surface area contributed by atoms with Gasteiger partial charge in [-0.25, -0.2) is 4.98 Å². The molecule has 1 aromatic heterocycles. The Kier molecular flexibility index (Phi) is 4.53. The van der Waals surface area contributed by atoms with E-state index in [1.54, 1.807) is 7.11 Å². The quantitative estimate of drug-likeness (QED) is 0.892. The molecule has 0 spiro atoms. The number of ether oxygens (including phenoxy) is 1. The van der Waals surface area contributed by atoms with Gasteiger partial charge in [0.2, 0.25) is 5.88 Å². The van der Waals surface area contributed by atoms with Crippen molar-refractivity contribution < 1.29 is 4.74 Å². The molecule has 100 valence electrons. The van der Waals surface area contributed by atoms with Crippen LogP contribution in [0.5, 0.6) is 5.88 Å². The Morgan fingerprint density at radius 3 is 2.63 bits per heavy atom. The SMILES string of the molecule is CCNCc1ccc(-c2ccc(OC)nc2)c(C)c1. The topological polar surface area (TPSA) is 34.1 Å². The van der Waals surface area contributed by atoms with Crippen LogP contribution < -0.4 is 10.1 Å². The van der Waals surface area contributed by atoms with E-state index in [0.29, 0.717) is 5.88 Å². The Labute approximate surface area is 114 Å². The molecule has 0 atom stereocenters. The van der Waals surface area contributed by atoms with E-state index in [2.05, 4.69) is 42.3 Å². The fourth-order valence-corrected chi connectivity index (χ4v) is 2.09. The Balaban J connectivity index is 2.24. The van der Waals surface area contributed by atoms with Gasteiger partial charge in [-0.3, -0.25) is 0 Å². The van der Waals surface area contributed by atoms with E-state index in [4.69, 9.17) is 4.74 Å². The Morgan fingerprint density at radius 1 is 1.21 bits per heavy atom. The molecule has 0 aliphatic heterocycles. The molecule has 0 bridgehead atoms. The summed E-state index contributed by atoms with van der Waals surface area (Å²) in [5.74, 6) is 0.644. The summed E-state index contributed by atoms with van der Waals surface area (Å²) in [5.41, 5.74) is 4.91. The van der Waals surface area contributed by atoms with Gasteiger partial charge in [-0.2, -0.15) is 0 Å². The largest absolute Gasteiger partial charge is 0.481 e. The molecule has 19 heavy (non-hydrogen) atoms. The minimum absolute atomic E-state index is 0.644. The first kappa shape index (κ1) is 13.6. The second-order valence-corrected chi connectivity index (χ2v) is 4.52. The maximum atomic E-state index is 5.08. The fourth-order valence-electron chi connectivity index (χ4n) is 2.09. The molecule has 0 aliphatic carbocycles. The van der Waals surface area contributed by atoms with Crippen LogP contribution in [0.15, 0.2) is 36.5 Å². The van der Waals surface area contributed by atoms with Gasteiger partial charge in [0.1, 0.15) is 0 Å². The number of methoxy groups -OCH3 is 1. The summed E-state index contributed by atoms with van der Waals surface area (Å²) in [6, 6.07) is 10.5. The highest BCUT2D eigenvalue weighted by Crippen LogP contribution is 2.24. The third-order valence-corrected chi connectivity index (χ3v) is 3.13. The highest BCUT2D eigenvalue weighted by Gasteiger charge is 2.04. The molecule has 3 heteroatoms. The van der Waals surface area contributed by atoms with Crippen molar-refractivity contribution in [3.63, 3.8) is 0 Å². The van der Waals surface area contributed by atoms with Crippen molar-refractivity contribution >= 4 is 0 Å². The number of benzene rings is 1. The van der Waals surface area contributed by atoms with Crippen molar-refractivity contribution in [1.29, 1.82) is 0 Å². The van der Waals surface area contributed by atoms with Crippen LogP contribution in [0.1, 0.15) is 18.1 Å². The van der Waals surface area contributed by atoms with Crippen LogP contribution in [-0.4, -0.2) is 18.6 Å².